The molecule has 0 radical (unpaired) electrons. The maximum absolute atomic E-state index is 14.4. The van der Waals surface area contributed by atoms with Crippen LogP contribution in [0.25, 0.3) is 0 Å². The highest BCUT2D eigenvalue weighted by molar-refractivity contribution is 5.85. The molecule has 3 atom stereocenters. The fraction of sp³-hybridized carbons (Fsp3) is 0.700. The van der Waals surface area contributed by atoms with Crippen LogP contribution in [-0.2, 0) is 34.6 Å². The average Bonchev–Trinajstić information content (AvgIpc) is 3.79. The van der Waals surface area contributed by atoms with Gasteiger partial charge in [0.25, 0.3) is 5.56 Å². The lowest BCUT2D eigenvalue weighted by Gasteiger charge is -2.56. The van der Waals surface area contributed by atoms with Crippen LogP contribution in [0.4, 0.5) is 24.7 Å². The molecule has 4 saturated carbocycles. The van der Waals surface area contributed by atoms with Crippen LogP contribution < -0.4 is 26.5 Å². The molecule has 16 heteroatoms. The lowest BCUT2D eigenvalue weighted by Crippen LogP contribution is -2.59. The molecule has 3 aliphatic heterocycles. The molecule has 2 aromatic heterocycles. The predicted octanol–water partition coefficient (Wildman–Crippen LogP) is 1.74. The second kappa shape index (κ2) is 10.4. The number of oxazole rings is 1. The molecule has 13 nitrogen and oxygen atoms in total. The second-order valence-corrected chi connectivity index (χ2v) is 14.1. The first-order valence-corrected chi connectivity index (χ1v) is 16.0. The molecular formula is C30H36F3N7O6. The number of nitrogens with one attached hydrogen (secondary N) is 1. The summed E-state index contributed by atoms with van der Waals surface area (Å²) in [6, 6.07) is -0.143. The number of nitrogens with zero attached hydrogens (tertiary/aromatic N) is 6. The van der Waals surface area contributed by atoms with Gasteiger partial charge in [0, 0.05) is 31.6 Å². The van der Waals surface area contributed by atoms with Gasteiger partial charge in [-0.15, -0.1) is 5.06 Å². The number of hydroxylamine groups is 1. The van der Waals surface area contributed by atoms with Crippen molar-refractivity contribution in [2.75, 3.05) is 29.6 Å². The van der Waals surface area contributed by atoms with Gasteiger partial charge in [-0.05, 0) is 75.2 Å². The van der Waals surface area contributed by atoms with Crippen molar-refractivity contribution in [1.82, 2.24) is 24.3 Å². The standard InChI is InChI=1S/C30H36F3N7O6/c1-36-24-23(25(42)39(28(36)44)14-21(41)29-9-16-6-17(10-29)8-18(7-16)11-29)38(15-22-35-3-5-45-22)27(40(24)46-26(43)30(31,32)33)37-4-2-19-12-34-13-20(19)37/h3,5,16-20,27,34H,2,4,6-15H2,1H3. The minimum absolute atomic E-state index is 0.143. The maximum Gasteiger partial charge on any atom is 0.493 e. The van der Waals surface area contributed by atoms with E-state index in [9.17, 15) is 32.3 Å². The minimum atomic E-state index is -5.35. The number of alkyl halides is 3. The first kappa shape index (κ1) is 29.7. The first-order valence-electron chi connectivity index (χ1n) is 16.0. The third kappa shape index (κ3) is 4.53. The van der Waals surface area contributed by atoms with Gasteiger partial charge in [0.05, 0.1) is 19.3 Å². The van der Waals surface area contributed by atoms with Crippen molar-refractivity contribution < 1.29 is 32.0 Å². The predicted molar refractivity (Wildman–Crippen MR) is 154 cm³/mol. The van der Waals surface area contributed by atoms with Crippen LogP contribution >= 0.6 is 0 Å². The summed E-state index contributed by atoms with van der Waals surface area (Å²) in [6.45, 7) is 1.06. The zero-order valence-electron chi connectivity index (χ0n) is 25.4. The molecule has 3 unspecified atom stereocenters. The van der Waals surface area contributed by atoms with E-state index in [2.05, 4.69) is 10.3 Å². The van der Waals surface area contributed by atoms with E-state index in [-0.39, 0.29) is 41.7 Å². The van der Waals surface area contributed by atoms with E-state index in [4.69, 9.17) is 9.25 Å². The Morgan fingerprint density at radius 2 is 1.80 bits per heavy atom. The summed E-state index contributed by atoms with van der Waals surface area (Å²) < 4.78 is 48.3. The van der Waals surface area contributed by atoms with Crippen LogP contribution in [0.3, 0.4) is 0 Å². The number of Topliss-reactive ketones (excluding diaryl/α,β-unsaturated/α-hetero) is 1. The molecule has 0 spiro atoms. The highest BCUT2D eigenvalue weighted by Crippen LogP contribution is 2.60. The number of fused-ring (bicyclic) bond motifs is 2. The molecule has 2 saturated heterocycles. The second-order valence-electron chi connectivity index (χ2n) is 14.1. The molecule has 2 aromatic rings. The van der Waals surface area contributed by atoms with Crippen LogP contribution in [-0.4, -0.2) is 68.9 Å². The highest BCUT2D eigenvalue weighted by atomic mass is 19.4. The smallest absolute Gasteiger partial charge is 0.447 e. The van der Waals surface area contributed by atoms with E-state index in [0.29, 0.717) is 37.4 Å². The fourth-order valence-corrected chi connectivity index (χ4v) is 9.85. The van der Waals surface area contributed by atoms with E-state index in [1.165, 1.54) is 24.4 Å². The summed E-state index contributed by atoms with van der Waals surface area (Å²) in [7, 11) is 1.30. The number of anilines is 2. The van der Waals surface area contributed by atoms with Crippen molar-refractivity contribution in [2.45, 2.75) is 76.5 Å². The Morgan fingerprint density at radius 1 is 1.11 bits per heavy atom. The number of aromatic nitrogens is 3. The van der Waals surface area contributed by atoms with Crippen LogP contribution in [0.2, 0.25) is 0 Å². The van der Waals surface area contributed by atoms with E-state index in [1.54, 1.807) is 0 Å². The number of halogens is 3. The third-order valence-electron chi connectivity index (χ3n) is 11.4. The Labute approximate surface area is 261 Å². The van der Waals surface area contributed by atoms with Gasteiger partial charge < -0.3 is 19.5 Å². The van der Waals surface area contributed by atoms with Gasteiger partial charge in [0.1, 0.15) is 6.26 Å². The van der Waals surface area contributed by atoms with Crippen molar-refractivity contribution in [1.29, 1.82) is 0 Å². The van der Waals surface area contributed by atoms with E-state index in [1.807, 2.05) is 4.90 Å². The number of likely N-dealkylation sites (tertiary alicyclic amines) is 1. The summed E-state index contributed by atoms with van der Waals surface area (Å²) in [4.78, 5) is 67.3. The Balaban J connectivity index is 1.24. The first-order chi connectivity index (χ1) is 21.9. The summed E-state index contributed by atoms with van der Waals surface area (Å²) in [5, 5.41) is 4.03. The molecule has 0 amide bonds. The molecule has 0 aromatic carbocycles. The normalized spacial score (nSPS) is 33.1. The van der Waals surface area contributed by atoms with Gasteiger partial charge in [0.2, 0.25) is 5.89 Å². The molecule has 7 aliphatic rings. The molecule has 4 bridgehead atoms. The Kier molecular flexibility index (Phi) is 6.73. The molecular weight excluding hydrogens is 611 g/mol. The number of rotatable bonds is 7. The van der Waals surface area contributed by atoms with Gasteiger partial charge in [-0.1, -0.05) is 0 Å². The number of ketones is 1. The summed E-state index contributed by atoms with van der Waals surface area (Å²) in [5.74, 6) is -1.20. The summed E-state index contributed by atoms with van der Waals surface area (Å²) >= 11 is 0. The highest BCUT2D eigenvalue weighted by Gasteiger charge is 2.56. The number of carbonyl (C=O) groups is 2. The van der Waals surface area contributed by atoms with Gasteiger partial charge in [-0.2, -0.15) is 13.2 Å². The van der Waals surface area contributed by atoms with Gasteiger partial charge in [-0.25, -0.2) is 14.6 Å². The quantitative estimate of drug-likeness (QED) is 0.471. The molecule has 6 fully saturated rings. The largest absolute Gasteiger partial charge is 0.493 e. The van der Waals surface area contributed by atoms with Gasteiger partial charge in [0.15, 0.2) is 23.6 Å². The number of hydrogen-bond donors (Lipinski definition) is 1. The molecule has 9 rings (SSSR count). The lowest BCUT2D eigenvalue weighted by molar-refractivity contribution is -0.203. The number of hydrogen-bond acceptors (Lipinski definition) is 11. The van der Waals surface area contributed by atoms with E-state index in [0.717, 1.165) is 59.1 Å². The Morgan fingerprint density at radius 3 is 2.43 bits per heavy atom. The van der Waals surface area contributed by atoms with Crippen LogP contribution in [0.5, 0.6) is 0 Å². The Hall–Kier alpha value is -3.66. The molecule has 46 heavy (non-hydrogen) atoms. The monoisotopic (exact) mass is 647 g/mol. The third-order valence-corrected chi connectivity index (χ3v) is 11.4. The van der Waals surface area contributed by atoms with Crippen LogP contribution in [0, 0.1) is 29.1 Å². The van der Waals surface area contributed by atoms with Crippen LogP contribution in [0.1, 0.15) is 50.8 Å². The fourth-order valence-electron chi connectivity index (χ4n) is 9.85. The molecule has 4 aliphatic carbocycles. The zero-order chi connectivity index (χ0) is 32.1. The summed E-state index contributed by atoms with van der Waals surface area (Å²) in [5.41, 5.74) is -2.48. The van der Waals surface area contributed by atoms with E-state index < -0.39 is 41.6 Å². The molecule has 1 N–H and O–H groups in total. The SMILES string of the molecule is Cn1c2c(c(=O)n(CC(=O)C34CC5CC(CC(C5)C3)C4)c1=O)N(Cc1ncco1)C(N1CCC3CNCC31)N2OC(=O)C(F)(F)F. The maximum atomic E-state index is 14.4. The van der Waals surface area contributed by atoms with Crippen molar-refractivity contribution >= 4 is 23.3 Å². The molecule has 5 heterocycles. The van der Waals surface area contributed by atoms with Gasteiger partial charge >= 0.3 is 17.8 Å². The van der Waals surface area contributed by atoms with Crippen molar-refractivity contribution in [3.8, 4) is 0 Å². The average molecular weight is 648 g/mol. The van der Waals surface area contributed by atoms with E-state index >= 15 is 0 Å². The summed E-state index contributed by atoms with van der Waals surface area (Å²) in [6.07, 6.45) is 2.49. The van der Waals surface area contributed by atoms with Crippen molar-refractivity contribution in [3.63, 3.8) is 0 Å². The Bertz CT molecular complexity index is 1650. The topological polar surface area (TPSA) is 135 Å². The van der Waals surface area contributed by atoms with Gasteiger partial charge in [-0.3, -0.25) is 23.6 Å². The lowest BCUT2D eigenvalue weighted by atomic mass is 9.48. The van der Waals surface area contributed by atoms with Crippen LogP contribution in [0.15, 0.2) is 26.5 Å². The zero-order valence-corrected chi connectivity index (χ0v) is 25.4. The molecule has 248 valence electrons. The minimum Gasteiger partial charge on any atom is -0.447 e. The van der Waals surface area contributed by atoms with Crippen molar-refractivity contribution in [2.24, 2.45) is 36.1 Å². The number of carbonyl (C=O) groups excluding carboxylic acids is 2. The van der Waals surface area contributed by atoms with Crippen molar-refractivity contribution in [3.05, 3.63) is 39.2 Å².